The highest BCUT2D eigenvalue weighted by atomic mass is 19.3. The Labute approximate surface area is 62.9 Å². The molecule has 0 aromatic carbocycles. The lowest BCUT2D eigenvalue weighted by molar-refractivity contribution is -0.0559. The molecule has 0 fully saturated rings. The Balaban J connectivity index is 3.98. The Morgan fingerprint density at radius 2 is 2.00 bits per heavy atom. The monoisotopic (exact) mass is 170 g/mol. The van der Waals surface area contributed by atoms with E-state index in [2.05, 4.69) is 0 Å². The highest BCUT2D eigenvalue weighted by Crippen LogP contribution is 2.25. The van der Waals surface area contributed by atoms with Gasteiger partial charge in [-0.2, -0.15) is 0 Å². The summed E-state index contributed by atoms with van der Waals surface area (Å²) in [5.74, 6) is -4.31. The highest BCUT2D eigenvalue weighted by molar-refractivity contribution is 4.93. The lowest BCUT2D eigenvalue weighted by Gasteiger charge is -2.14. The van der Waals surface area contributed by atoms with Gasteiger partial charge < -0.3 is 0 Å². The minimum Gasteiger partial charge on any atom is -0.240 e. The summed E-state index contributed by atoms with van der Waals surface area (Å²) in [5, 5.41) is 0. The van der Waals surface area contributed by atoms with E-state index in [0.29, 0.717) is 6.92 Å². The molecule has 0 saturated heterocycles. The van der Waals surface area contributed by atoms with Gasteiger partial charge in [0.1, 0.15) is 0 Å². The fourth-order valence-electron chi connectivity index (χ4n) is 0.468. The van der Waals surface area contributed by atoms with Crippen LogP contribution >= 0.6 is 0 Å². The summed E-state index contributed by atoms with van der Waals surface area (Å²) in [6.07, 6.45) is -2.31. The van der Waals surface area contributed by atoms with Gasteiger partial charge in [0.2, 0.25) is 0 Å². The molecule has 0 spiro atoms. The van der Waals surface area contributed by atoms with E-state index in [1.807, 2.05) is 0 Å². The van der Waals surface area contributed by atoms with Crippen molar-refractivity contribution < 1.29 is 17.6 Å². The summed E-state index contributed by atoms with van der Waals surface area (Å²) in [5.41, 5.74) is 0. The summed E-state index contributed by atoms with van der Waals surface area (Å²) in [4.78, 5) is 0. The van der Waals surface area contributed by atoms with Crippen LogP contribution in [0.25, 0.3) is 0 Å². The maximum Gasteiger partial charge on any atom is 0.276 e. The molecule has 0 bridgehead atoms. The molecular weight excluding hydrogens is 160 g/mol. The van der Waals surface area contributed by atoms with Crippen molar-refractivity contribution in [3.8, 4) is 0 Å². The van der Waals surface area contributed by atoms with E-state index in [9.17, 15) is 17.6 Å². The number of hydrogen-bond donors (Lipinski definition) is 0. The van der Waals surface area contributed by atoms with E-state index in [1.165, 1.54) is 6.92 Å². The van der Waals surface area contributed by atoms with Crippen molar-refractivity contribution >= 4 is 0 Å². The molecule has 0 heterocycles. The van der Waals surface area contributed by atoms with E-state index in [0.717, 1.165) is 6.08 Å². The molecule has 0 aliphatic rings. The zero-order chi connectivity index (χ0) is 9.07. The lowest BCUT2D eigenvalue weighted by Crippen LogP contribution is -2.25. The third-order valence-electron chi connectivity index (χ3n) is 1.24. The molecule has 1 atom stereocenters. The third kappa shape index (κ3) is 4.01. The van der Waals surface area contributed by atoms with Crippen LogP contribution in [0.1, 0.15) is 20.3 Å². The first-order valence-electron chi connectivity index (χ1n) is 3.20. The molecule has 0 amide bonds. The van der Waals surface area contributed by atoms with Gasteiger partial charge in [0.05, 0.1) is 5.83 Å². The van der Waals surface area contributed by atoms with Crippen LogP contribution < -0.4 is 0 Å². The van der Waals surface area contributed by atoms with Crippen LogP contribution in [0.15, 0.2) is 11.9 Å². The first kappa shape index (κ1) is 10.5. The van der Waals surface area contributed by atoms with Gasteiger partial charge in [-0.3, -0.25) is 0 Å². The van der Waals surface area contributed by atoms with E-state index in [4.69, 9.17) is 0 Å². The standard InChI is InChI=1S/C7H10F4/c1-3-5(8)4-6(9)7(2,10)11/h3,6H,4H2,1-2H3/b5-3-. The molecule has 11 heavy (non-hydrogen) atoms. The normalized spacial score (nSPS) is 16.7. The Bertz CT molecular complexity index is 145. The zero-order valence-corrected chi connectivity index (χ0v) is 6.37. The Kier molecular flexibility index (Phi) is 3.55. The fourth-order valence-corrected chi connectivity index (χ4v) is 0.468. The van der Waals surface area contributed by atoms with Crippen molar-refractivity contribution in [2.45, 2.75) is 32.4 Å². The number of rotatable bonds is 3. The van der Waals surface area contributed by atoms with Gasteiger partial charge in [-0.25, -0.2) is 17.6 Å². The number of alkyl halides is 3. The predicted octanol–water partition coefficient (Wildman–Crippen LogP) is 3.24. The molecule has 0 nitrogen and oxygen atoms in total. The molecule has 0 N–H and O–H groups in total. The minimum absolute atomic E-state index is 0.431. The van der Waals surface area contributed by atoms with Crippen LogP contribution in [-0.2, 0) is 0 Å². The van der Waals surface area contributed by atoms with Crippen molar-refractivity contribution in [1.82, 2.24) is 0 Å². The maximum absolute atomic E-state index is 12.3. The summed E-state index contributed by atoms with van der Waals surface area (Å²) in [6.45, 7) is 1.76. The molecule has 0 aliphatic carbocycles. The van der Waals surface area contributed by atoms with E-state index in [1.54, 1.807) is 0 Å². The molecule has 0 aromatic rings. The Hall–Kier alpha value is -0.540. The first-order valence-corrected chi connectivity index (χ1v) is 3.20. The Morgan fingerprint density at radius 3 is 2.27 bits per heavy atom. The SMILES string of the molecule is C/C=C(\F)CC(F)C(C)(F)F. The molecule has 0 aliphatic heterocycles. The van der Waals surface area contributed by atoms with Crippen molar-refractivity contribution in [3.63, 3.8) is 0 Å². The largest absolute Gasteiger partial charge is 0.276 e. The van der Waals surface area contributed by atoms with Gasteiger partial charge in [0.15, 0.2) is 6.17 Å². The smallest absolute Gasteiger partial charge is 0.240 e. The van der Waals surface area contributed by atoms with E-state index >= 15 is 0 Å². The van der Waals surface area contributed by atoms with E-state index in [-0.39, 0.29) is 0 Å². The van der Waals surface area contributed by atoms with Gasteiger partial charge in [-0.05, 0) is 6.92 Å². The zero-order valence-electron chi connectivity index (χ0n) is 6.37. The van der Waals surface area contributed by atoms with Crippen LogP contribution in [-0.4, -0.2) is 12.1 Å². The minimum atomic E-state index is -3.46. The van der Waals surface area contributed by atoms with Crippen molar-refractivity contribution in [2.75, 3.05) is 0 Å². The second-order valence-corrected chi connectivity index (χ2v) is 2.36. The third-order valence-corrected chi connectivity index (χ3v) is 1.24. The lowest BCUT2D eigenvalue weighted by atomic mass is 10.1. The quantitative estimate of drug-likeness (QED) is 0.570. The van der Waals surface area contributed by atoms with Gasteiger partial charge in [0, 0.05) is 13.3 Å². The summed E-state index contributed by atoms with van der Waals surface area (Å²) < 4.78 is 48.6. The average Bonchev–Trinajstić information content (AvgIpc) is 1.85. The van der Waals surface area contributed by atoms with Gasteiger partial charge in [0.25, 0.3) is 5.92 Å². The molecule has 0 rings (SSSR count). The van der Waals surface area contributed by atoms with Crippen LogP contribution in [0.3, 0.4) is 0 Å². The second-order valence-electron chi connectivity index (χ2n) is 2.36. The van der Waals surface area contributed by atoms with Crippen molar-refractivity contribution in [3.05, 3.63) is 11.9 Å². The van der Waals surface area contributed by atoms with Crippen LogP contribution in [0.2, 0.25) is 0 Å². The molecule has 0 radical (unpaired) electrons. The van der Waals surface area contributed by atoms with Gasteiger partial charge >= 0.3 is 0 Å². The second kappa shape index (κ2) is 3.74. The topological polar surface area (TPSA) is 0 Å². The van der Waals surface area contributed by atoms with Crippen LogP contribution in [0.4, 0.5) is 17.6 Å². The van der Waals surface area contributed by atoms with E-state index < -0.39 is 24.3 Å². The number of allylic oxidation sites excluding steroid dienone is 2. The van der Waals surface area contributed by atoms with Gasteiger partial charge in [-0.15, -0.1) is 0 Å². The molecule has 4 heteroatoms. The number of halogens is 4. The molecule has 1 unspecified atom stereocenters. The van der Waals surface area contributed by atoms with Crippen LogP contribution in [0.5, 0.6) is 0 Å². The fraction of sp³-hybridized carbons (Fsp3) is 0.714. The summed E-state index contributed by atoms with van der Waals surface area (Å²) in [7, 11) is 0. The molecule has 0 aromatic heterocycles. The van der Waals surface area contributed by atoms with Crippen molar-refractivity contribution in [2.24, 2.45) is 0 Å². The Morgan fingerprint density at radius 1 is 1.55 bits per heavy atom. The van der Waals surface area contributed by atoms with Gasteiger partial charge in [-0.1, -0.05) is 6.08 Å². The maximum atomic E-state index is 12.3. The average molecular weight is 170 g/mol. The summed E-state index contributed by atoms with van der Waals surface area (Å²) in [6, 6.07) is 0. The highest BCUT2D eigenvalue weighted by Gasteiger charge is 2.34. The first-order chi connectivity index (χ1) is 4.88. The number of hydrogen-bond acceptors (Lipinski definition) is 0. The molecule has 0 saturated carbocycles. The van der Waals surface area contributed by atoms with Crippen molar-refractivity contribution in [1.29, 1.82) is 0 Å². The predicted molar refractivity (Wildman–Crippen MR) is 35.0 cm³/mol. The summed E-state index contributed by atoms with van der Waals surface area (Å²) >= 11 is 0. The van der Waals surface area contributed by atoms with Crippen LogP contribution in [0, 0.1) is 0 Å². The molecule has 66 valence electrons. The molecular formula is C7H10F4.